The van der Waals surface area contributed by atoms with E-state index >= 15 is 0 Å². The molecule has 1 unspecified atom stereocenters. The Morgan fingerprint density at radius 1 is 1.26 bits per heavy atom. The van der Waals surface area contributed by atoms with E-state index in [2.05, 4.69) is 10.6 Å². The van der Waals surface area contributed by atoms with E-state index in [1.807, 2.05) is 41.8 Å². The van der Waals surface area contributed by atoms with Crippen LogP contribution in [0.2, 0.25) is 0 Å². The summed E-state index contributed by atoms with van der Waals surface area (Å²) in [5, 5.41) is 16.5. The van der Waals surface area contributed by atoms with E-state index in [4.69, 9.17) is 9.47 Å². The molecule has 3 rings (SSSR count). The van der Waals surface area contributed by atoms with E-state index in [1.54, 1.807) is 19.9 Å². The van der Waals surface area contributed by atoms with Crippen LogP contribution in [0.4, 0.5) is 0 Å². The number of rotatable bonds is 9. The molecular weight excluding hydrogens is 398 g/mol. The highest BCUT2D eigenvalue weighted by atomic mass is 16.5. The van der Waals surface area contributed by atoms with Crippen LogP contribution in [0.25, 0.3) is 0 Å². The minimum atomic E-state index is -1.12. The number of aliphatic hydroxyl groups excluding tert-OH is 1. The van der Waals surface area contributed by atoms with Gasteiger partial charge in [0.15, 0.2) is 0 Å². The molecule has 2 atom stereocenters. The quantitative estimate of drug-likeness (QED) is 0.418. The number of esters is 1. The van der Waals surface area contributed by atoms with Gasteiger partial charge in [-0.1, -0.05) is 37.3 Å². The predicted octanol–water partition coefficient (Wildman–Crippen LogP) is 2.43. The van der Waals surface area contributed by atoms with E-state index in [0.29, 0.717) is 30.1 Å². The molecule has 0 aliphatic carbocycles. The van der Waals surface area contributed by atoms with Crippen LogP contribution < -0.4 is 10.6 Å². The van der Waals surface area contributed by atoms with Gasteiger partial charge in [-0.3, -0.25) is 14.9 Å². The Labute approximate surface area is 182 Å². The fourth-order valence-corrected chi connectivity index (χ4v) is 3.71. The molecule has 2 heterocycles. The number of ether oxygens (including phenoxy) is 2. The molecule has 1 amide bonds. The summed E-state index contributed by atoms with van der Waals surface area (Å²) in [4.78, 5) is 24.9. The Hall–Kier alpha value is -2.68. The molecule has 0 radical (unpaired) electrons. The van der Waals surface area contributed by atoms with Crippen LogP contribution >= 0.6 is 0 Å². The number of fused-ring (bicyclic) bond motifs is 1. The maximum absolute atomic E-state index is 13.1. The molecule has 0 saturated carbocycles. The highest BCUT2D eigenvalue weighted by Crippen LogP contribution is 2.26. The van der Waals surface area contributed by atoms with E-state index in [-0.39, 0.29) is 31.2 Å². The van der Waals surface area contributed by atoms with Crippen molar-refractivity contribution in [2.24, 2.45) is 0 Å². The van der Waals surface area contributed by atoms with Gasteiger partial charge in [0, 0.05) is 6.54 Å². The van der Waals surface area contributed by atoms with E-state index in [1.165, 1.54) is 0 Å². The number of aromatic nitrogens is 1. The molecule has 8 heteroatoms. The molecule has 0 saturated heterocycles. The van der Waals surface area contributed by atoms with Crippen LogP contribution in [0.5, 0.6) is 0 Å². The molecule has 1 aliphatic rings. The summed E-state index contributed by atoms with van der Waals surface area (Å²) in [7, 11) is 0. The Morgan fingerprint density at radius 3 is 2.68 bits per heavy atom. The molecule has 0 spiro atoms. The summed E-state index contributed by atoms with van der Waals surface area (Å²) in [6.07, 6.45) is -0.595. The number of aliphatic hydroxyl groups is 1. The molecule has 1 aliphatic heterocycles. The molecule has 8 nitrogen and oxygen atoms in total. The first-order valence-electron chi connectivity index (χ1n) is 10.7. The first-order valence-corrected chi connectivity index (χ1v) is 10.7. The normalized spacial score (nSPS) is 15.3. The lowest BCUT2D eigenvalue weighted by molar-refractivity contribution is -0.147. The van der Waals surface area contributed by atoms with Crippen molar-refractivity contribution in [3.8, 4) is 0 Å². The predicted molar refractivity (Wildman–Crippen MR) is 115 cm³/mol. The lowest BCUT2D eigenvalue weighted by atomic mass is 10.0. The monoisotopic (exact) mass is 429 g/mol. The average molecular weight is 430 g/mol. The van der Waals surface area contributed by atoms with Crippen LogP contribution in [-0.4, -0.2) is 40.8 Å². The van der Waals surface area contributed by atoms with E-state index in [9.17, 15) is 14.7 Å². The number of carbonyl (C=O) groups is 2. The van der Waals surface area contributed by atoms with Crippen molar-refractivity contribution in [2.75, 3.05) is 13.2 Å². The Morgan fingerprint density at radius 2 is 2.00 bits per heavy atom. The average Bonchev–Trinajstić information content (AvgIpc) is 3.16. The highest BCUT2D eigenvalue weighted by Gasteiger charge is 2.27. The third kappa shape index (κ3) is 5.72. The minimum Gasteiger partial charge on any atom is -0.462 e. The van der Waals surface area contributed by atoms with Gasteiger partial charge in [0.1, 0.15) is 6.23 Å². The fourth-order valence-electron chi connectivity index (χ4n) is 3.71. The molecule has 31 heavy (non-hydrogen) atoms. The number of carbonyl (C=O) groups excluding carboxylic acids is 2. The van der Waals surface area contributed by atoms with E-state index in [0.717, 1.165) is 12.0 Å². The van der Waals surface area contributed by atoms with Gasteiger partial charge in [-0.2, -0.15) is 0 Å². The molecule has 3 N–H and O–H groups in total. The number of benzene rings is 1. The van der Waals surface area contributed by atoms with Gasteiger partial charge in [0.25, 0.3) is 5.91 Å². The fraction of sp³-hybridized carbons (Fsp3) is 0.478. The zero-order chi connectivity index (χ0) is 22.4. The molecular formula is C23H31N3O5. The Kier molecular flexibility index (Phi) is 7.84. The first-order chi connectivity index (χ1) is 14.9. The van der Waals surface area contributed by atoms with Gasteiger partial charge in [-0.15, -0.1) is 0 Å². The summed E-state index contributed by atoms with van der Waals surface area (Å²) in [6, 6.07) is 11.4. The van der Waals surface area contributed by atoms with Crippen LogP contribution in [0.1, 0.15) is 66.8 Å². The van der Waals surface area contributed by atoms with Crippen LogP contribution in [-0.2, 0) is 27.4 Å². The van der Waals surface area contributed by atoms with Crippen molar-refractivity contribution >= 4 is 11.9 Å². The number of nitrogens with one attached hydrogen (secondary N) is 2. The third-order valence-electron chi connectivity index (χ3n) is 5.19. The zero-order valence-corrected chi connectivity index (χ0v) is 18.3. The second-order valence-corrected chi connectivity index (χ2v) is 7.80. The topological polar surface area (TPSA) is 102 Å². The molecule has 0 bridgehead atoms. The largest absolute Gasteiger partial charge is 0.462 e. The highest BCUT2D eigenvalue weighted by molar-refractivity contribution is 5.96. The van der Waals surface area contributed by atoms with Gasteiger partial charge in [-0.05, 0) is 31.9 Å². The standard InChI is InChI=1S/C23H31N3O5/c1-4-18(16-8-6-5-7-9-16)25-22(28)17-12-19(26-10-11-30-14-20(17)26)23(29)24-13-21(27)31-15(2)3/h5-9,12,15,18,23-24,29H,4,10-11,13-14H2,1-3H3,(H,25,28)/t18-,23?/m1/s1. The van der Waals surface area contributed by atoms with Crippen molar-refractivity contribution in [3.63, 3.8) is 0 Å². The summed E-state index contributed by atoms with van der Waals surface area (Å²) in [6.45, 7) is 6.70. The maximum Gasteiger partial charge on any atom is 0.320 e. The number of hydrogen-bond donors (Lipinski definition) is 3. The zero-order valence-electron chi connectivity index (χ0n) is 18.3. The number of amides is 1. The smallest absolute Gasteiger partial charge is 0.320 e. The second-order valence-electron chi connectivity index (χ2n) is 7.80. The van der Waals surface area contributed by atoms with E-state index < -0.39 is 12.2 Å². The van der Waals surface area contributed by atoms with Crippen molar-refractivity contribution in [1.82, 2.24) is 15.2 Å². The lowest BCUT2D eigenvalue weighted by Crippen LogP contribution is -2.32. The van der Waals surface area contributed by atoms with Crippen molar-refractivity contribution < 1.29 is 24.2 Å². The van der Waals surface area contributed by atoms with Crippen molar-refractivity contribution in [2.45, 2.75) is 58.7 Å². The number of nitrogens with zero attached hydrogens (tertiary/aromatic N) is 1. The van der Waals surface area contributed by atoms with Gasteiger partial charge < -0.3 is 24.5 Å². The third-order valence-corrected chi connectivity index (χ3v) is 5.19. The first kappa shape index (κ1) is 23.0. The van der Waals surface area contributed by atoms with Crippen molar-refractivity contribution in [1.29, 1.82) is 0 Å². The van der Waals surface area contributed by atoms with Gasteiger partial charge in [0.05, 0.1) is 48.9 Å². The molecule has 168 valence electrons. The van der Waals surface area contributed by atoms with Crippen LogP contribution in [0.3, 0.4) is 0 Å². The van der Waals surface area contributed by atoms with Gasteiger partial charge in [0.2, 0.25) is 0 Å². The maximum atomic E-state index is 13.1. The summed E-state index contributed by atoms with van der Waals surface area (Å²) in [5.41, 5.74) is 2.74. The molecule has 0 fully saturated rings. The summed E-state index contributed by atoms with van der Waals surface area (Å²) < 4.78 is 12.5. The number of hydrogen-bond acceptors (Lipinski definition) is 6. The van der Waals surface area contributed by atoms with Crippen LogP contribution in [0, 0.1) is 0 Å². The van der Waals surface area contributed by atoms with Crippen LogP contribution in [0.15, 0.2) is 36.4 Å². The van der Waals surface area contributed by atoms with Crippen molar-refractivity contribution in [3.05, 3.63) is 58.9 Å². The summed E-state index contributed by atoms with van der Waals surface area (Å²) >= 11 is 0. The Balaban J connectivity index is 1.77. The summed E-state index contributed by atoms with van der Waals surface area (Å²) in [5.74, 6) is -0.669. The lowest BCUT2D eigenvalue weighted by Gasteiger charge is -2.22. The molecule has 1 aromatic heterocycles. The second kappa shape index (κ2) is 10.6. The molecule has 1 aromatic carbocycles. The molecule has 2 aromatic rings. The van der Waals surface area contributed by atoms with Gasteiger partial charge in [-0.25, -0.2) is 0 Å². The SMILES string of the molecule is CC[C@@H](NC(=O)c1cc(C(O)NCC(=O)OC(C)C)n2c1COCC2)c1ccccc1. The minimum absolute atomic E-state index is 0.119. The Bertz CT molecular complexity index is 894. The van der Waals surface area contributed by atoms with Gasteiger partial charge >= 0.3 is 5.97 Å².